The van der Waals surface area contributed by atoms with Crippen LogP contribution in [0.25, 0.3) is 0 Å². The highest BCUT2D eigenvalue weighted by atomic mass is 35.5. The fraction of sp³-hybridized carbons (Fsp3) is 1.00. The minimum atomic E-state index is 0. The Morgan fingerprint density at radius 3 is 2.10 bits per heavy atom. The van der Waals surface area contributed by atoms with Gasteiger partial charge in [0, 0.05) is 6.04 Å². The number of hydrogen-bond donors (Lipinski definition) is 1. The van der Waals surface area contributed by atoms with E-state index >= 15 is 0 Å². The van der Waals surface area contributed by atoms with Crippen LogP contribution in [-0.4, -0.2) is 6.04 Å². The first-order chi connectivity index (χ1) is 4.33. The second kappa shape index (κ2) is 4.97. The van der Waals surface area contributed by atoms with Gasteiger partial charge in [-0.2, -0.15) is 0 Å². The van der Waals surface area contributed by atoms with Crippen molar-refractivity contribution in [1.82, 2.24) is 0 Å². The van der Waals surface area contributed by atoms with Gasteiger partial charge in [0.05, 0.1) is 0 Å². The molecule has 1 aliphatic carbocycles. The molecule has 1 aliphatic rings. The second-order valence-electron chi connectivity index (χ2n) is 3.19. The first kappa shape index (κ1) is 10.2. The standard InChI is InChI=1S/C8H17N.ClH/c1-2-7-3-5-8(9)6-4-7;/h7-8H,2-6,9H2,1H3;1H. The van der Waals surface area contributed by atoms with Crippen LogP contribution in [0, 0.1) is 5.92 Å². The fourth-order valence-electron chi connectivity index (χ4n) is 1.60. The highest BCUT2D eigenvalue weighted by Crippen LogP contribution is 2.24. The molecule has 62 valence electrons. The monoisotopic (exact) mass is 163 g/mol. The average Bonchev–Trinajstić information content (AvgIpc) is 1.90. The molecule has 0 saturated heterocycles. The van der Waals surface area contributed by atoms with Crippen LogP contribution in [0.5, 0.6) is 0 Å². The molecule has 1 fully saturated rings. The number of halogens is 1. The molecule has 0 unspecified atom stereocenters. The third-order valence-electron chi connectivity index (χ3n) is 2.47. The second-order valence-corrected chi connectivity index (χ2v) is 3.19. The summed E-state index contributed by atoms with van der Waals surface area (Å²) in [6.45, 7) is 2.28. The van der Waals surface area contributed by atoms with Gasteiger partial charge in [0.2, 0.25) is 0 Å². The highest BCUT2D eigenvalue weighted by molar-refractivity contribution is 5.85. The smallest absolute Gasteiger partial charge is 0.00390 e. The van der Waals surface area contributed by atoms with Crippen LogP contribution in [0.15, 0.2) is 0 Å². The maximum atomic E-state index is 5.75. The molecule has 0 aromatic rings. The van der Waals surface area contributed by atoms with Crippen molar-refractivity contribution in [2.24, 2.45) is 11.7 Å². The van der Waals surface area contributed by atoms with Crippen molar-refractivity contribution in [2.75, 3.05) is 0 Å². The van der Waals surface area contributed by atoms with Crippen LogP contribution < -0.4 is 5.73 Å². The average molecular weight is 164 g/mol. The van der Waals surface area contributed by atoms with Gasteiger partial charge in [-0.1, -0.05) is 13.3 Å². The van der Waals surface area contributed by atoms with E-state index in [2.05, 4.69) is 6.92 Å². The maximum Gasteiger partial charge on any atom is 0.00390 e. The summed E-state index contributed by atoms with van der Waals surface area (Å²) in [6, 6.07) is 0.521. The predicted octanol–water partition coefficient (Wildman–Crippen LogP) is 2.34. The van der Waals surface area contributed by atoms with Crippen molar-refractivity contribution >= 4 is 12.4 Å². The highest BCUT2D eigenvalue weighted by Gasteiger charge is 2.15. The molecule has 2 heteroatoms. The van der Waals surface area contributed by atoms with Crippen molar-refractivity contribution in [2.45, 2.75) is 45.1 Å². The zero-order valence-electron chi connectivity index (χ0n) is 6.68. The number of rotatable bonds is 1. The van der Waals surface area contributed by atoms with Gasteiger partial charge in [0.25, 0.3) is 0 Å². The summed E-state index contributed by atoms with van der Waals surface area (Å²) in [5.41, 5.74) is 5.75. The van der Waals surface area contributed by atoms with Crippen molar-refractivity contribution in [3.05, 3.63) is 0 Å². The normalized spacial score (nSPS) is 33.0. The molecule has 1 rings (SSSR count). The SMILES string of the molecule is CCC1CCC(N)CC1.Cl. The topological polar surface area (TPSA) is 26.0 Å². The molecular formula is C8H18ClN. The van der Waals surface area contributed by atoms with Crippen molar-refractivity contribution in [3.8, 4) is 0 Å². The first-order valence-electron chi connectivity index (χ1n) is 4.08. The van der Waals surface area contributed by atoms with Crippen molar-refractivity contribution in [1.29, 1.82) is 0 Å². The summed E-state index contributed by atoms with van der Waals surface area (Å²) < 4.78 is 0. The lowest BCUT2D eigenvalue weighted by molar-refractivity contribution is 0.319. The summed E-state index contributed by atoms with van der Waals surface area (Å²) in [5, 5.41) is 0. The van der Waals surface area contributed by atoms with Gasteiger partial charge in [0.15, 0.2) is 0 Å². The number of nitrogens with two attached hydrogens (primary N) is 1. The van der Waals surface area contributed by atoms with Crippen LogP contribution in [0.1, 0.15) is 39.0 Å². The lowest BCUT2D eigenvalue weighted by atomic mass is 9.85. The van der Waals surface area contributed by atoms with Crippen LogP contribution in [0.3, 0.4) is 0 Å². The summed E-state index contributed by atoms with van der Waals surface area (Å²) >= 11 is 0. The molecule has 0 atom stereocenters. The molecule has 0 heterocycles. The molecule has 2 N–H and O–H groups in total. The van der Waals surface area contributed by atoms with Crippen LogP contribution in [0.2, 0.25) is 0 Å². The van der Waals surface area contributed by atoms with Crippen LogP contribution in [0.4, 0.5) is 0 Å². The molecule has 0 aromatic heterocycles. The van der Waals surface area contributed by atoms with Crippen LogP contribution in [-0.2, 0) is 0 Å². The molecule has 0 radical (unpaired) electrons. The molecule has 1 nitrogen and oxygen atoms in total. The maximum absolute atomic E-state index is 5.75. The van der Waals surface area contributed by atoms with E-state index in [0.29, 0.717) is 6.04 Å². The Kier molecular flexibility index (Phi) is 5.10. The van der Waals surface area contributed by atoms with Gasteiger partial charge in [-0.05, 0) is 31.6 Å². The Bertz CT molecular complexity index is 77.3. The van der Waals surface area contributed by atoms with Gasteiger partial charge in [-0.15, -0.1) is 12.4 Å². The van der Waals surface area contributed by atoms with E-state index in [4.69, 9.17) is 5.73 Å². The molecule has 0 aromatic carbocycles. The zero-order valence-corrected chi connectivity index (χ0v) is 7.49. The van der Waals surface area contributed by atoms with Gasteiger partial charge in [-0.25, -0.2) is 0 Å². The Morgan fingerprint density at radius 2 is 1.70 bits per heavy atom. The summed E-state index contributed by atoms with van der Waals surface area (Å²) in [5.74, 6) is 0.991. The molecule has 0 spiro atoms. The molecule has 1 saturated carbocycles. The van der Waals surface area contributed by atoms with E-state index in [1.165, 1.54) is 32.1 Å². The van der Waals surface area contributed by atoms with E-state index in [0.717, 1.165) is 5.92 Å². The van der Waals surface area contributed by atoms with E-state index in [1.54, 1.807) is 0 Å². The zero-order chi connectivity index (χ0) is 6.69. The van der Waals surface area contributed by atoms with E-state index < -0.39 is 0 Å². The third kappa shape index (κ3) is 2.89. The largest absolute Gasteiger partial charge is 0.328 e. The molecule has 0 aliphatic heterocycles. The van der Waals surface area contributed by atoms with Gasteiger partial charge >= 0.3 is 0 Å². The summed E-state index contributed by atoms with van der Waals surface area (Å²) in [6.07, 6.45) is 6.62. The van der Waals surface area contributed by atoms with Gasteiger partial charge < -0.3 is 5.73 Å². The van der Waals surface area contributed by atoms with E-state index in [9.17, 15) is 0 Å². The van der Waals surface area contributed by atoms with Gasteiger partial charge in [-0.3, -0.25) is 0 Å². The predicted molar refractivity (Wildman–Crippen MR) is 47.5 cm³/mol. The lowest BCUT2D eigenvalue weighted by Gasteiger charge is -2.24. The third-order valence-corrected chi connectivity index (χ3v) is 2.47. The van der Waals surface area contributed by atoms with E-state index in [1.807, 2.05) is 0 Å². The Hall–Kier alpha value is 0.250. The minimum Gasteiger partial charge on any atom is -0.328 e. The van der Waals surface area contributed by atoms with Crippen LogP contribution >= 0.6 is 12.4 Å². The first-order valence-corrected chi connectivity index (χ1v) is 4.08. The minimum absolute atomic E-state index is 0. The van der Waals surface area contributed by atoms with Gasteiger partial charge in [0.1, 0.15) is 0 Å². The fourth-order valence-corrected chi connectivity index (χ4v) is 1.60. The summed E-state index contributed by atoms with van der Waals surface area (Å²) in [7, 11) is 0. The van der Waals surface area contributed by atoms with E-state index in [-0.39, 0.29) is 12.4 Å². The molecule has 0 amide bonds. The Balaban J connectivity index is 0.000000810. The lowest BCUT2D eigenvalue weighted by Crippen LogP contribution is -2.26. The summed E-state index contributed by atoms with van der Waals surface area (Å²) in [4.78, 5) is 0. The Morgan fingerprint density at radius 1 is 1.20 bits per heavy atom. The molecule has 0 bridgehead atoms. The Labute approximate surface area is 69.8 Å². The quantitative estimate of drug-likeness (QED) is 0.631. The van der Waals surface area contributed by atoms with Crippen molar-refractivity contribution in [3.63, 3.8) is 0 Å². The van der Waals surface area contributed by atoms with Crippen molar-refractivity contribution < 1.29 is 0 Å². The number of hydrogen-bond acceptors (Lipinski definition) is 1. The molecule has 10 heavy (non-hydrogen) atoms. The molecular weight excluding hydrogens is 146 g/mol.